The third kappa shape index (κ3) is 3.99. The van der Waals surface area contributed by atoms with E-state index in [1.807, 2.05) is 48.2 Å². The quantitative estimate of drug-likeness (QED) is 0.203. The van der Waals surface area contributed by atoms with E-state index in [0.29, 0.717) is 11.4 Å². The first-order chi connectivity index (χ1) is 22.3. The third-order valence-electron chi connectivity index (χ3n) is 8.84. The Labute approximate surface area is 265 Å². The molecule has 0 saturated heterocycles. The molecule has 0 amide bonds. The number of fused-ring (bicyclic) bond motifs is 5. The lowest BCUT2D eigenvalue weighted by atomic mass is 9.64. The molecule has 0 radical (unpaired) electrons. The van der Waals surface area contributed by atoms with Gasteiger partial charge < -0.3 is 4.42 Å². The van der Waals surface area contributed by atoms with Crippen molar-refractivity contribution in [1.82, 2.24) is 9.97 Å². The van der Waals surface area contributed by atoms with Crippen molar-refractivity contribution in [3.8, 4) is 22.6 Å². The Bertz CT molecular complexity index is 2310. The molecular weight excluding hydrogens is 569 g/mol. The molecule has 0 saturated carbocycles. The van der Waals surface area contributed by atoms with Crippen molar-refractivity contribution in [2.75, 3.05) is 0 Å². The molecule has 0 bridgehead atoms. The van der Waals surface area contributed by atoms with E-state index in [-0.39, 0.29) is 0 Å². The molecule has 1 aliphatic rings. The van der Waals surface area contributed by atoms with Crippen LogP contribution in [0.3, 0.4) is 0 Å². The van der Waals surface area contributed by atoms with E-state index in [4.69, 9.17) is 14.4 Å². The van der Waals surface area contributed by atoms with Crippen LogP contribution in [-0.2, 0) is 5.41 Å². The normalized spacial score (nSPS) is 13.4. The monoisotopic (exact) mass is 594 g/mol. The maximum atomic E-state index is 6.35. The van der Waals surface area contributed by atoms with Crippen LogP contribution in [0.4, 0.5) is 0 Å². The molecule has 3 nitrogen and oxygen atoms in total. The first kappa shape index (κ1) is 26.0. The topological polar surface area (TPSA) is 38.9 Å². The number of furan rings is 1. The van der Waals surface area contributed by atoms with Crippen LogP contribution < -0.4 is 0 Å². The van der Waals surface area contributed by atoms with Crippen LogP contribution in [0.25, 0.3) is 44.7 Å². The van der Waals surface area contributed by atoms with Gasteiger partial charge in [-0.15, -0.1) is 0 Å². The number of nitrogens with zero attached hydrogens (tertiary/aromatic N) is 2. The summed E-state index contributed by atoms with van der Waals surface area (Å²) in [6.07, 6.45) is 0. The minimum atomic E-state index is -0.473. The molecule has 0 fully saturated rings. The number of benzene rings is 6. The zero-order valence-corrected chi connectivity index (χ0v) is 25.0. The van der Waals surface area contributed by atoms with Crippen LogP contribution in [0.1, 0.15) is 22.3 Å². The van der Waals surface area contributed by atoms with Gasteiger partial charge in [-0.05, 0) is 46.5 Å². The minimum Gasteiger partial charge on any atom is -0.452 e. The lowest BCUT2D eigenvalue weighted by Gasteiger charge is -2.42. The summed E-state index contributed by atoms with van der Waals surface area (Å²) in [4.78, 5) is 12.8. The molecule has 0 N–H and O–H groups in total. The van der Waals surface area contributed by atoms with Gasteiger partial charge in [0, 0.05) is 26.3 Å². The van der Waals surface area contributed by atoms with E-state index in [1.165, 1.54) is 32.0 Å². The van der Waals surface area contributed by atoms with Crippen molar-refractivity contribution in [2.45, 2.75) is 15.2 Å². The van der Waals surface area contributed by atoms with Crippen molar-refractivity contribution in [3.05, 3.63) is 180 Å². The average molecular weight is 595 g/mol. The van der Waals surface area contributed by atoms with Crippen molar-refractivity contribution < 1.29 is 4.42 Å². The van der Waals surface area contributed by atoms with Crippen molar-refractivity contribution in [2.24, 2.45) is 0 Å². The number of rotatable bonds is 4. The van der Waals surface area contributed by atoms with Crippen LogP contribution >= 0.6 is 11.8 Å². The van der Waals surface area contributed by atoms with Crippen molar-refractivity contribution >= 4 is 33.8 Å². The van der Waals surface area contributed by atoms with E-state index in [9.17, 15) is 0 Å². The third-order valence-corrected chi connectivity index (χ3v) is 9.97. The van der Waals surface area contributed by atoms with Gasteiger partial charge in [-0.3, -0.25) is 0 Å². The van der Waals surface area contributed by atoms with Gasteiger partial charge in [0.25, 0.3) is 0 Å². The molecule has 0 atom stereocenters. The molecular formula is C41H26N2OS. The van der Waals surface area contributed by atoms with Gasteiger partial charge in [0.1, 0.15) is 16.8 Å². The number of para-hydroxylation sites is 1. The molecule has 4 heteroatoms. The lowest BCUT2D eigenvalue weighted by molar-refractivity contribution is 0.667. The van der Waals surface area contributed by atoms with Crippen LogP contribution in [0, 0.1) is 0 Å². The Morgan fingerprint density at radius 2 is 1.13 bits per heavy atom. The summed E-state index contributed by atoms with van der Waals surface area (Å²) in [5.41, 5.74) is 9.67. The van der Waals surface area contributed by atoms with Gasteiger partial charge in [-0.2, -0.15) is 0 Å². The molecule has 1 aliphatic heterocycles. The maximum Gasteiger partial charge on any atom is 0.180 e. The van der Waals surface area contributed by atoms with E-state index in [2.05, 4.69) is 121 Å². The SMILES string of the molecule is c1ccc(-c2nc(-c3ccc4c(c3)Sc3ccccc3C4(c3ccccc3)c3ccccc3)nc3c2oc2ccccc23)cc1. The van der Waals surface area contributed by atoms with Crippen molar-refractivity contribution in [3.63, 3.8) is 0 Å². The van der Waals surface area contributed by atoms with E-state index >= 15 is 0 Å². The summed E-state index contributed by atoms with van der Waals surface area (Å²) in [5.74, 6) is 0.681. The van der Waals surface area contributed by atoms with E-state index < -0.39 is 5.41 Å². The molecule has 0 aliphatic carbocycles. The van der Waals surface area contributed by atoms with Gasteiger partial charge in [0.2, 0.25) is 0 Å². The predicted octanol–water partition coefficient (Wildman–Crippen LogP) is 10.6. The highest BCUT2D eigenvalue weighted by atomic mass is 32.2. The first-order valence-electron chi connectivity index (χ1n) is 15.1. The second-order valence-electron chi connectivity index (χ2n) is 11.3. The summed E-state index contributed by atoms with van der Waals surface area (Å²) in [6.45, 7) is 0. The van der Waals surface area contributed by atoms with E-state index in [0.717, 1.165) is 33.3 Å². The molecule has 9 rings (SSSR count). The molecule has 6 aromatic carbocycles. The van der Waals surface area contributed by atoms with Gasteiger partial charge in [0.15, 0.2) is 11.4 Å². The van der Waals surface area contributed by atoms with Crippen LogP contribution in [0.15, 0.2) is 172 Å². The Hall–Kier alpha value is -5.45. The van der Waals surface area contributed by atoms with Gasteiger partial charge in [0.05, 0.1) is 5.41 Å². The van der Waals surface area contributed by atoms with E-state index in [1.54, 1.807) is 0 Å². The Morgan fingerprint density at radius 1 is 0.511 bits per heavy atom. The number of hydrogen-bond donors (Lipinski definition) is 0. The Balaban J connectivity index is 1.31. The minimum absolute atomic E-state index is 0.473. The van der Waals surface area contributed by atoms with Crippen LogP contribution in [0.5, 0.6) is 0 Å². The fraction of sp³-hybridized carbons (Fsp3) is 0.0244. The van der Waals surface area contributed by atoms with Crippen molar-refractivity contribution in [1.29, 1.82) is 0 Å². The second-order valence-corrected chi connectivity index (χ2v) is 12.4. The standard InChI is InChI=1S/C41H26N2OS/c1-4-14-27(15-5-1)37-39-38(31-20-10-12-22-34(31)44-39)43-40(42-37)28-24-25-33-36(26-28)45-35-23-13-11-21-32(35)41(33,29-16-6-2-7-17-29)30-18-8-3-9-19-30/h1-26H. The molecule has 8 aromatic rings. The first-order valence-corrected chi connectivity index (χ1v) is 15.9. The Kier molecular flexibility index (Phi) is 5.97. The summed E-state index contributed by atoms with van der Waals surface area (Å²) in [6, 6.07) is 55.6. The number of hydrogen-bond acceptors (Lipinski definition) is 4. The summed E-state index contributed by atoms with van der Waals surface area (Å²) >= 11 is 1.82. The predicted molar refractivity (Wildman–Crippen MR) is 183 cm³/mol. The highest BCUT2D eigenvalue weighted by Crippen LogP contribution is 2.56. The fourth-order valence-electron chi connectivity index (χ4n) is 6.86. The highest BCUT2D eigenvalue weighted by molar-refractivity contribution is 7.99. The van der Waals surface area contributed by atoms with Crippen LogP contribution in [-0.4, -0.2) is 9.97 Å². The second kappa shape index (κ2) is 10.3. The highest BCUT2D eigenvalue weighted by Gasteiger charge is 2.44. The molecule has 0 spiro atoms. The van der Waals surface area contributed by atoms with Gasteiger partial charge in [-0.1, -0.05) is 145 Å². The summed E-state index contributed by atoms with van der Waals surface area (Å²) in [5, 5.41) is 0.988. The molecule has 45 heavy (non-hydrogen) atoms. The smallest absolute Gasteiger partial charge is 0.180 e. The average Bonchev–Trinajstić information content (AvgIpc) is 3.50. The zero-order chi connectivity index (χ0) is 29.8. The van der Waals surface area contributed by atoms with Gasteiger partial charge in [-0.25, -0.2) is 9.97 Å². The van der Waals surface area contributed by atoms with Gasteiger partial charge >= 0.3 is 0 Å². The van der Waals surface area contributed by atoms with Crippen LogP contribution in [0.2, 0.25) is 0 Å². The largest absolute Gasteiger partial charge is 0.452 e. The summed E-state index contributed by atoms with van der Waals surface area (Å²) in [7, 11) is 0. The molecule has 2 aromatic heterocycles. The Morgan fingerprint density at radius 3 is 1.89 bits per heavy atom. The molecule has 212 valence electrons. The fourth-order valence-corrected chi connectivity index (χ4v) is 8.09. The summed E-state index contributed by atoms with van der Waals surface area (Å²) < 4.78 is 6.35. The molecule has 3 heterocycles. The number of aromatic nitrogens is 2. The maximum absolute atomic E-state index is 6.35. The molecule has 0 unspecified atom stereocenters. The zero-order valence-electron chi connectivity index (χ0n) is 24.2. The lowest BCUT2D eigenvalue weighted by Crippen LogP contribution is -2.34.